The van der Waals surface area contributed by atoms with Gasteiger partial charge in [0.2, 0.25) is 0 Å². The Balaban J connectivity index is 0.000000280. The molecule has 2 aliphatic carbocycles. The van der Waals surface area contributed by atoms with Crippen molar-refractivity contribution in [1.82, 2.24) is 0 Å². The van der Waals surface area contributed by atoms with E-state index in [4.69, 9.17) is 18.9 Å². The number of aliphatic hydroxyl groups excluding tert-OH is 2. The molecule has 4 unspecified atom stereocenters. The van der Waals surface area contributed by atoms with Crippen LogP contribution in [-0.4, -0.2) is 75.3 Å². The van der Waals surface area contributed by atoms with Crippen molar-refractivity contribution in [3.05, 3.63) is 0 Å². The summed E-state index contributed by atoms with van der Waals surface area (Å²) in [6, 6.07) is 0. The molecule has 2 aliphatic rings. The van der Waals surface area contributed by atoms with E-state index in [1.165, 1.54) is 25.7 Å². The standard InChI is InChI=1S/2C11H22O3/c2*1-4-5-8-6-9(13-2)11(12)10(7-8)14-3/h2*8-12H,4-7H2,1-3H3. The van der Waals surface area contributed by atoms with Crippen LogP contribution in [0.4, 0.5) is 0 Å². The van der Waals surface area contributed by atoms with E-state index in [1.807, 2.05) is 0 Å². The molecule has 2 saturated carbocycles. The zero-order chi connectivity index (χ0) is 21.1. The molecule has 4 atom stereocenters. The van der Waals surface area contributed by atoms with Crippen LogP contribution in [0.3, 0.4) is 0 Å². The van der Waals surface area contributed by atoms with Crippen molar-refractivity contribution >= 4 is 0 Å². The monoisotopic (exact) mass is 404 g/mol. The van der Waals surface area contributed by atoms with Gasteiger partial charge in [-0.25, -0.2) is 0 Å². The fourth-order valence-corrected chi connectivity index (χ4v) is 4.77. The minimum atomic E-state index is -0.460. The zero-order valence-corrected chi connectivity index (χ0v) is 18.8. The quantitative estimate of drug-likeness (QED) is 0.647. The Bertz CT molecular complexity index is 329. The minimum absolute atomic E-state index is 0.0507. The number of aliphatic hydroxyl groups is 2. The van der Waals surface area contributed by atoms with Gasteiger partial charge in [0.15, 0.2) is 0 Å². The summed E-state index contributed by atoms with van der Waals surface area (Å²) >= 11 is 0. The maximum atomic E-state index is 9.86. The number of ether oxygens (including phenoxy) is 4. The van der Waals surface area contributed by atoms with Gasteiger partial charge in [-0.05, 0) is 37.5 Å². The highest BCUT2D eigenvalue weighted by molar-refractivity contribution is 4.88. The molecule has 0 aliphatic heterocycles. The molecule has 0 aromatic heterocycles. The Labute approximate surface area is 171 Å². The Hall–Kier alpha value is -0.240. The fourth-order valence-electron chi connectivity index (χ4n) is 4.77. The molecule has 0 amide bonds. The molecular weight excluding hydrogens is 360 g/mol. The zero-order valence-electron chi connectivity index (χ0n) is 18.8. The van der Waals surface area contributed by atoms with E-state index in [-0.39, 0.29) is 24.4 Å². The van der Waals surface area contributed by atoms with Gasteiger partial charge in [-0.3, -0.25) is 0 Å². The lowest BCUT2D eigenvalue weighted by atomic mass is 9.81. The summed E-state index contributed by atoms with van der Waals surface area (Å²) in [7, 11) is 6.65. The van der Waals surface area contributed by atoms with Gasteiger partial charge in [0.05, 0.1) is 24.4 Å². The molecule has 0 aromatic rings. The smallest absolute Gasteiger partial charge is 0.106 e. The molecule has 28 heavy (non-hydrogen) atoms. The van der Waals surface area contributed by atoms with Gasteiger partial charge in [-0.15, -0.1) is 0 Å². The molecule has 6 heteroatoms. The number of hydrogen-bond donors (Lipinski definition) is 2. The van der Waals surface area contributed by atoms with Crippen LogP contribution >= 0.6 is 0 Å². The SMILES string of the molecule is CCCC1CC(OC)C(O)C(OC)C1.CCCC1CC(OC)C(O)C(OC)C1. The molecular formula is C22H44O6. The second-order valence-corrected chi connectivity index (χ2v) is 8.33. The predicted octanol–water partition coefficient (Wildman–Crippen LogP) is 3.17. The summed E-state index contributed by atoms with van der Waals surface area (Å²) in [4.78, 5) is 0. The molecule has 168 valence electrons. The molecule has 2 rings (SSSR count). The molecule has 0 heterocycles. The van der Waals surface area contributed by atoms with Crippen molar-refractivity contribution in [2.45, 2.75) is 102 Å². The predicted molar refractivity (Wildman–Crippen MR) is 110 cm³/mol. The lowest BCUT2D eigenvalue weighted by Crippen LogP contribution is -2.46. The van der Waals surface area contributed by atoms with Gasteiger partial charge >= 0.3 is 0 Å². The maximum absolute atomic E-state index is 9.86. The van der Waals surface area contributed by atoms with Crippen LogP contribution in [0.5, 0.6) is 0 Å². The van der Waals surface area contributed by atoms with Gasteiger partial charge in [0, 0.05) is 28.4 Å². The third kappa shape index (κ3) is 7.54. The van der Waals surface area contributed by atoms with E-state index in [1.54, 1.807) is 28.4 Å². The summed E-state index contributed by atoms with van der Waals surface area (Å²) in [6.07, 6.45) is 7.51. The average molecular weight is 405 g/mol. The van der Waals surface area contributed by atoms with Crippen molar-refractivity contribution in [2.24, 2.45) is 11.8 Å². The first kappa shape index (κ1) is 25.8. The fraction of sp³-hybridized carbons (Fsp3) is 1.00. The van der Waals surface area contributed by atoms with Gasteiger partial charge in [0.25, 0.3) is 0 Å². The first-order valence-electron chi connectivity index (χ1n) is 10.9. The lowest BCUT2D eigenvalue weighted by molar-refractivity contribution is -0.126. The van der Waals surface area contributed by atoms with Crippen LogP contribution in [0.2, 0.25) is 0 Å². The second-order valence-electron chi connectivity index (χ2n) is 8.33. The van der Waals surface area contributed by atoms with Crippen molar-refractivity contribution < 1.29 is 29.2 Å². The largest absolute Gasteiger partial charge is 0.388 e. The maximum Gasteiger partial charge on any atom is 0.106 e. The Morgan fingerprint density at radius 2 is 0.821 bits per heavy atom. The second kappa shape index (κ2) is 13.9. The molecule has 2 fully saturated rings. The minimum Gasteiger partial charge on any atom is -0.388 e. The highest BCUT2D eigenvalue weighted by Gasteiger charge is 2.37. The normalized spacial score (nSPS) is 38.6. The van der Waals surface area contributed by atoms with Crippen LogP contribution in [0.1, 0.15) is 65.2 Å². The highest BCUT2D eigenvalue weighted by atomic mass is 16.5. The Kier molecular flexibility index (Phi) is 12.8. The van der Waals surface area contributed by atoms with Crippen LogP contribution in [0.15, 0.2) is 0 Å². The summed E-state index contributed by atoms with van der Waals surface area (Å²) in [6.45, 7) is 4.38. The van der Waals surface area contributed by atoms with Gasteiger partial charge in [-0.2, -0.15) is 0 Å². The third-order valence-electron chi connectivity index (χ3n) is 6.39. The topological polar surface area (TPSA) is 77.4 Å². The van der Waals surface area contributed by atoms with E-state index >= 15 is 0 Å². The highest BCUT2D eigenvalue weighted by Crippen LogP contribution is 2.32. The molecule has 0 radical (unpaired) electrons. The summed E-state index contributed by atoms with van der Waals surface area (Å²) in [5.74, 6) is 1.27. The first-order chi connectivity index (χ1) is 13.4. The lowest BCUT2D eigenvalue weighted by Gasteiger charge is -2.37. The van der Waals surface area contributed by atoms with Gasteiger partial charge in [0.1, 0.15) is 12.2 Å². The Morgan fingerprint density at radius 1 is 0.571 bits per heavy atom. The number of hydrogen-bond acceptors (Lipinski definition) is 6. The van der Waals surface area contributed by atoms with Gasteiger partial charge < -0.3 is 29.2 Å². The molecule has 2 N–H and O–H groups in total. The molecule has 0 bridgehead atoms. The molecule has 0 spiro atoms. The van der Waals surface area contributed by atoms with E-state index in [0.717, 1.165) is 25.7 Å². The van der Waals surface area contributed by atoms with E-state index in [2.05, 4.69) is 13.8 Å². The molecule has 6 nitrogen and oxygen atoms in total. The van der Waals surface area contributed by atoms with Crippen LogP contribution < -0.4 is 0 Å². The van der Waals surface area contributed by atoms with Crippen LogP contribution in [0, 0.1) is 11.8 Å². The van der Waals surface area contributed by atoms with Crippen LogP contribution in [-0.2, 0) is 18.9 Å². The summed E-state index contributed by atoms with van der Waals surface area (Å²) in [5, 5.41) is 19.7. The average Bonchev–Trinajstić information content (AvgIpc) is 2.71. The van der Waals surface area contributed by atoms with E-state index in [9.17, 15) is 10.2 Å². The first-order valence-corrected chi connectivity index (χ1v) is 10.9. The van der Waals surface area contributed by atoms with E-state index in [0.29, 0.717) is 11.8 Å². The van der Waals surface area contributed by atoms with E-state index < -0.39 is 12.2 Å². The number of methoxy groups -OCH3 is 4. The summed E-state index contributed by atoms with van der Waals surface area (Å²) < 4.78 is 21.1. The van der Waals surface area contributed by atoms with Crippen molar-refractivity contribution in [2.75, 3.05) is 28.4 Å². The molecule has 0 aromatic carbocycles. The third-order valence-corrected chi connectivity index (χ3v) is 6.39. The summed E-state index contributed by atoms with van der Waals surface area (Å²) in [5.41, 5.74) is 0. The van der Waals surface area contributed by atoms with Crippen LogP contribution in [0.25, 0.3) is 0 Å². The van der Waals surface area contributed by atoms with Crippen molar-refractivity contribution in [1.29, 1.82) is 0 Å². The van der Waals surface area contributed by atoms with Crippen molar-refractivity contribution in [3.8, 4) is 0 Å². The van der Waals surface area contributed by atoms with Gasteiger partial charge in [-0.1, -0.05) is 39.5 Å². The van der Waals surface area contributed by atoms with Crippen molar-refractivity contribution in [3.63, 3.8) is 0 Å². The Morgan fingerprint density at radius 3 is 1.00 bits per heavy atom. The molecule has 0 saturated heterocycles. The number of rotatable bonds is 8.